The van der Waals surface area contributed by atoms with Gasteiger partial charge in [-0.15, -0.1) is 0 Å². The third-order valence-corrected chi connectivity index (χ3v) is 3.58. The van der Waals surface area contributed by atoms with Gasteiger partial charge in [-0.2, -0.15) is 0 Å². The molecule has 0 radical (unpaired) electrons. The van der Waals surface area contributed by atoms with Crippen LogP contribution in [0.1, 0.15) is 5.69 Å². The molecule has 0 saturated heterocycles. The standard InChI is InChI=1S/C16H14N2O3/c1-11-16(18(19)20)14-9-8-13(21-2)10-15(14)17(11)12-6-4-3-5-7-12/h3-10H,1-2H3. The summed E-state index contributed by atoms with van der Waals surface area (Å²) < 4.78 is 7.12. The zero-order valence-corrected chi connectivity index (χ0v) is 11.7. The highest BCUT2D eigenvalue weighted by Gasteiger charge is 2.24. The Bertz CT molecular complexity index is 822. The van der Waals surface area contributed by atoms with Gasteiger partial charge in [0.15, 0.2) is 0 Å². The Hall–Kier alpha value is -2.82. The van der Waals surface area contributed by atoms with Crippen LogP contribution < -0.4 is 4.74 Å². The van der Waals surface area contributed by atoms with Gasteiger partial charge in [0.25, 0.3) is 5.69 Å². The van der Waals surface area contributed by atoms with Gasteiger partial charge in [-0.3, -0.25) is 10.1 Å². The Labute approximate surface area is 121 Å². The summed E-state index contributed by atoms with van der Waals surface area (Å²) in [7, 11) is 1.58. The molecule has 0 amide bonds. The molecule has 0 fully saturated rings. The number of rotatable bonds is 3. The molecule has 5 nitrogen and oxygen atoms in total. The normalized spacial score (nSPS) is 10.8. The summed E-state index contributed by atoms with van der Waals surface area (Å²) >= 11 is 0. The molecule has 0 N–H and O–H groups in total. The second-order valence-corrected chi connectivity index (χ2v) is 4.75. The molecule has 0 aliphatic heterocycles. The predicted molar refractivity (Wildman–Crippen MR) is 81.2 cm³/mol. The van der Waals surface area contributed by atoms with Crippen LogP contribution in [0.4, 0.5) is 5.69 Å². The summed E-state index contributed by atoms with van der Waals surface area (Å²) in [6.45, 7) is 1.76. The number of benzene rings is 2. The summed E-state index contributed by atoms with van der Waals surface area (Å²) in [6.07, 6.45) is 0. The summed E-state index contributed by atoms with van der Waals surface area (Å²) in [6, 6.07) is 14.9. The summed E-state index contributed by atoms with van der Waals surface area (Å²) in [4.78, 5) is 11.1. The van der Waals surface area contributed by atoms with E-state index in [9.17, 15) is 10.1 Å². The molecule has 3 aromatic rings. The lowest BCUT2D eigenvalue weighted by atomic mass is 10.2. The van der Waals surface area contributed by atoms with Crippen molar-refractivity contribution >= 4 is 16.6 Å². The third-order valence-electron chi connectivity index (χ3n) is 3.58. The fraction of sp³-hybridized carbons (Fsp3) is 0.125. The number of hydrogen-bond donors (Lipinski definition) is 0. The van der Waals surface area contributed by atoms with Crippen molar-refractivity contribution in [3.05, 3.63) is 64.3 Å². The highest BCUT2D eigenvalue weighted by molar-refractivity contribution is 5.93. The number of nitrogens with zero attached hydrogens (tertiary/aromatic N) is 2. The molecular formula is C16H14N2O3. The molecule has 0 bridgehead atoms. The van der Waals surface area contributed by atoms with E-state index in [2.05, 4.69) is 0 Å². The van der Waals surface area contributed by atoms with E-state index in [0.29, 0.717) is 16.8 Å². The minimum atomic E-state index is -0.330. The topological polar surface area (TPSA) is 57.3 Å². The lowest BCUT2D eigenvalue weighted by Gasteiger charge is -2.07. The van der Waals surface area contributed by atoms with E-state index in [1.807, 2.05) is 41.0 Å². The highest BCUT2D eigenvalue weighted by Crippen LogP contribution is 2.36. The number of aromatic nitrogens is 1. The molecule has 2 aromatic carbocycles. The number of para-hydroxylation sites is 1. The lowest BCUT2D eigenvalue weighted by molar-refractivity contribution is -0.383. The van der Waals surface area contributed by atoms with Gasteiger partial charge in [0, 0.05) is 11.8 Å². The number of hydrogen-bond acceptors (Lipinski definition) is 3. The SMILES string of the molecule is COc1ccc2c([N+](=O)[O-])c(C)n(-c3ccccc3)c2c1. The first kappa shape index (κ1) is 13.2. The van der Waals surface area contributed by atoms with Gasteiger partial charge in [0.05, 0.1) is 28.6 Å². The van der Waals surface area contributed by atoms with E-state index >= 15 is 0 Å². The second kappa shape index (κ2) is 4.94. The quantitative estimate of drug-likeness (QED) is 0.541. The van der Waals surface area contributed by atoms with E-state index in [-0.39, 0.29) is 10.6 Å². The maximum atomic E-state index is 11.4. The highest BCUT2D eigenvalue weighted by atomic mass is 16.6. The molecule has 0 unspecified atom stereocenters. The van der Waals surface area contributed by atoms with Crippen molar-refractivity contribution in [3.63, 3.8) is 0 Å². The van der Waals surface area contributed by atoms with Crippen LogP contribution in [-0.2, 0) is 0 Å². The Balaban J connectivity index is 2.42. The first-order chi connectivity index (χ1) is 10.1. The van der Waals surface area contributed by atoms with Crippen LogP contribution in [0.5, 0.6) is 5.75 Å². The molecule has 3 rings (SSSR count). The third kappa shape index (κ3) is 2.03. The van der Waals surface area contributed by atoms with E-state index in [1.54, 1.807) is 26.2 Å². The molecule has 0 aliphatic rings. The number of nitro groups is 1. The van der Waals surface area contributed by atoms with Gasteiger partial charge in [-0.05, 0) is 31.2 Å². The Morgan fingerprint density at radius 2 is 1.86 bits per heavy atom. The van der Waals surface area contributed by atoms with Crippen molar-refractivity contribution in [3.8, 4) is 11.4 Å². The first-order valence-corrected chi connectivity index (χ1v) is 6.52. The smallest absolute Gasteiger partial charge is 0.298 e. The number of fused-ring (bicyclic) bond motifs is 1. The Kier molecular flexibility index (Phi) is 3.10. The van der Waals surface area contributed by atoms with Crippen LogP contribution in [0.2, 0.25) is 0 Å². The van der Waals surface area contributed by atoms with E-state index < -0.39 is 0 Å². The maximum absolute atomic E-state index is 11.4. The van der Waals surface area contributed by atoms with Crippen LogP contribution in [0.15, 0.2) is 48.5 Å². The summed E-state index contributed by atoms with van der Waals surface area (Å²) in [5.74, 6) is 0.673. The van der Waals surface area contributed by atoms with Crippen molar-refractivity contribution in [1.29, 1.82) is 0 Å². The average molecular weight is 282 g/mol. The maximum Gasteiger partial charge on any atom is 0.298 e. The van der Waals surface area contributed by atoms with Gasteiger partial charge < -0.3 is 9.30 Å². The van der Waals surface area contributed by atoms with Crippen LogP contribution in [0.25, 0.3) is 16.6 Å². The molecule has 5 heteroatoms. The molecule has 0 aliphatic carbocycles. The summed E-state index contributed by atoms with van der Waals surface area (Å²) in [5.41, 5.74) is 2.40. The van der Waals surface area contributed by atoms with Crippen molar-refractivity contribution in [2.24, 2.45) is 0 Å². The minimum Gasteiger partial charge on any atom is -0.497 e. The fourth-order valence-corrected chi connectivity index (χ4v) is 2.65. The van der Waals surface area contributed by atoms with Crippen molar-refractivity contribution in [2.75, 3.05) is 7.11 Å². The van der Waals surface area contributed by atoms with E-state index in [1.165, 1.54) is 0 Å². The summed E-state index contributed by atoms with van der Waals surface area (Å²) in [5, 5.41) is 12.0. The second-order valence-electron chi connectivity index (χ2n) is 4.75. The van der Waals surface area contributed by atoms with E-state index in [4.69, 9.17) is 4.74 Å². The number of methoxy groups -OCH3 is 1. The largest absolute Gasteiger partial charge is 0.497 e. The van der Waals surface area contributed by atoms with Crippen LogP contribution in [-0.4, -0.2) is 16.6 Å². The average Bonchev–Trinajstić information content (AvgIpc) is 2.79. The van der Waals surface area contributed by atoms with Crippen molar-refractivity contribution < 1.29 is 9.66 Å². The van der Waals surface area contributed by atoms with Gasteiger partial charge >= 0.3 is 0 Å². The minimum absolute atomic E-state index is 0.136. The monoisotopic (exact) mass is 282 g/mol. The molecule has 21 heavy (non-hydrogen) atoms. The Morgan fingerprint density at radius 1 is 1.14 bits per heavy atom. The molecule has 0 spiro atoms. The zero-order chi connectivity index (χ0) is 15.0. The predicted octanol–water partition coefficient (Wildman–Crippen LogP) is 3.86. The fourth-order valence-electron chi connectivity index (χ4n) is 2.65. The molecule has 1 heterocycles. The van der Waals surface area contributed by atoms with Gasteiger partial charge in [-0.25, -0.2) is 0 Å². The van der Waals surface area contributed by atoms with Crippen LogP contribution in [0.3, 0.4) is 0 Å². The van der Waals surface area contributed by atoms with Crippen LogP contribution >= 0.6 is 0 Å². The van der Waals surface area contributed by atoms with Crippen molar-refractivity contribution in [1.82, 2.24) is 4.57 Å². The Morgan fingerprint density at radius 3 is 2.48 bits per heavy atom. The van der Waals surface area contributed by atoms with Gasteiger partial charge in [-0.1, -0.05) is 18.2 Å². The molecule has 0 atom stereocenters. The van der Waals surface area contributed by atoms with Gasteiger partial charge in [0.2, 0.25) is 0 Å². The molecular weight excluding hydrogens is 268 g/mol. The molecule has 106 valence electrons. The zero-order valence-electron chi connectivity index (χ0n) is 11.7. The van der Waals surface area contributed by atoms with Gasteiger partial charge in [0.1, 0.15) is 5.75 Å². The van der Waals surface area contributed by atoms with Crippen LogP contribution in [0, 0.1) is 17.0 Å². The number of ether oxygens (including phenoxy) is 1. The molecule has 1 aromatic heterocycles. The molecule has 0 saturated carbocycles. The first-order valence-electron chi connectivity index (χ1n) is 6.52. The van der Waals surface area contributed by atoms with Crippen molar-refractivity contribution in [2.45, 2.75) is 6.92 Å². The van der Waals surface area contributed by atoms with E-state index in [0.717, 1.165) is 11.2 Å². The lowest BCUT2D eigenvalue weighted by Crippen LogP contribution is -1.97.